The van der Waals surface area contributed by atoms with Gasteiger partial charge in [0.25, 0.3) is 0 Å². The zero-order valence-electron chi connectivity index (χ0n) is 12.5. The zero-order valence-corrected chi connectivity index (χ0v) is 12.5. The van der Waals surface area contributed by atoms with E-state index in [0.717, 1.165) is 25.7 Å². The van der Waals surface area contributed by atoms with E-state index in [9.17, 15) is 4.79 Å². The third-order valence-corrected chi connectivity index (χ3v) is 2.79. The van der Waals surface area contributed by atoms with Crippen LogP contribution in [0.2, 0.25) is 0 Å². The summed E-state index contributed by atoms with van der Waals surface area (Å²) in [6.45, 7) is 4.15. The highest BCUT2D eigenvalue weighted by Gasteiger charge is 1.94. The van der Waals surface area contributed by atoms with Gasteiger partial charge in [0.1, 0.15) is 0 Å². The molecule has 19 heavy (non-hydrogen) atoms. The van der Waals surface area contributed by atoms with Crippen molar-refractivity contribution in [1.29, 1.82) is 0 Å². The largest absolute Gasteiger partial charge is 0.466 e. The molecule has 0 amide bonds. The maximum absolute atomic E-state index is 10.5. The maximum atomic E-state index is 10.5. The van der Waals surface area contributed by atoms with E-state index >= 15 is 0 Å². The van der Waals surface area contributed by atoms with E-state index < -0.39 is 0 Å². The van der Waals surface area contributed by atoms with Crippen LogP contribution < -0.4 is 0 Å². The van der Waals surface area contributed by atoms with Crippen LogP contribution in [0.4, 0.5) is 0 Å². The van der Waals surface area contributed by atoms with Crippen molar-refractivity contribution < 1.29 is 9.53 Å². The highest BCUT2D eigenvalue weighted by molar-refractivity contribution is 5.65. The highest BCUT2D eigenvalue weighted by Crippen LogP contribution is 2.08. The fourth-order valence-electron chi connectivity index (χ4n) is 1.72. The van der Waals surface area contributed by atoms with Gasteiger partial charge in [-0.2, -0.15) is 0 Å². The maximum Gasteiger partial charge on any atom is 0.302 e. The molecule has 0 aromatic rings. The van der Waals surface area contributed by atoms with Gasteiger partial charge in [-0.1, -0.05) is 56.9 Å². The van der Waals surface area contributed by atoms with Crippen LogP contribution in [0.3, 0.4) is 0 Å². The molecule has 0 aliphatic rings. The fraction of sp³-hybridized carbons (Fsp3) is 0.706. The average molecular weight is 264 g/mol. The summed E-state index contributed by atoms with van der Waals surface area (Å²) < 4.78 is 4.88. The van der Waals surface area contributed by atoms with Gasteiger partial charge in [-0.05, 0) is 25.3 Å². The molecule has 0 aromatic carbocycles. The molecule has 0 saturated carbocycles. The molecule has 0 N–H and O–H groups in total. The molecule has 0 saturated heterocycles. The van der Waals surface area contributed by atoms with Gasteiger partial charge in [-0.3, -0.25) is 4.79 Å². The Kier molecular flexibility index (Phi) is 13.9. The summed E-state index contributed by atoms with van der Waals surface area (Å²) in [5, 5.41) is 0. The number of esters is 1. The third-order valence-electron chi connectivity index (χ3n) is 2.79. The lowest BCUT2D eigenvalue weighted by Crippen LogP contribution is -1.99. The predicted octanol–water partition coefficient (Wildman–Crippen LogP) is 4.64. The van der Waals surface area contributed by atoms with Gasteiger partial charge in [-0.15, -0.1) is 0 Å². The molecular formula is C17H28O2. The number of carbonyl (C=O) groups is 1. The van der Waals surface area contributed by atoms with Crippen molar-refractivity contribution >= 4 is 5.97 Å². The van der Waals surface area contributed by atoms with Crippen LogP contribution in [0.5, 0.6) is 0 Å². The molecule has 2 nitrogen and oxygen atoms in total. The van der Waals surface area contributed by atoms with Crippen LogP contribution in [-0.4, -0.2) is 12.6 Å². The van der Waals surface area contributed by atoms with Crippen molar-refractivity contribution in [2.75, 3.05) is 6.61 Å². The molecule has 0 aliphatic heterocycles. The Morgan fingerprint density at radius 1 is 1.05 bits per heavy atom. The Labute approximate surface area is 118 Å². The molecule has 0 bridgehead atoms. The van der Waals surface area contributed by atoms with E-state index in [1.165, 1.54) is 39.0 Å². The Balaban J connectivity index is 3.12. The van der Waals surface area contributed by atoms with Gasteiger partial charge >= 0.3 is 5.97 Å². The van der Waals surface area contributed by atoms with Crippen LogP contribution in [0, 0.1) is 11.8 Å². The second kappa shape index (κ2) is 14.8. The molecular weight excluding hydrogens is 236 g/mol. The van der Waals surface area contributed by atoms with Gasteiger partial charge in [0, 0.05) is 13.3 Å². The number of rotatable bonds is 10. The standard InChI is InChI=1S/C17H28O2/c1-3-4-5-6-7-8-9-10-11-12-13-14-15-16-19-17(2)18/h4-5H,3,8-16H2,1-2H3/b5-4-. The van der Waals surface area contributed by atoms with Gasteiger partial charge in [0.05, 0.1) is 6.61 Å². The smallest absolute Gasteiger partial charge is 0.302 e. The number of ether oxygens (including phenoxy) is 1. The van der Waals surface area contributed by atoms with E-state index in [0.29, 0.717) is 6.61 Å². The topological polar surface area (TPSA) is 26.3 Å². The minimum absolute atomic E-state index is 0.171. The minimum atomic E-state index is -0.171. The van der Waals surface area contributed by atoms with E-state index in [1.807, 2.05) is 6.08 Å². The van der Waals surface area contributed by atoms with Crippen molar-refractivity contribution in [1.82, 2.24) is 0 Å². The monoisotopic (exact) mass is 264 g/mol. The van der Waals surface area contributed by atoms with E-state index in [4.69, 9.17) is 4.74 Å². The second-order valence-corrected chi connectivity index (χ2v) is 4.70. The SMILES string of the molecule is CC/C=C\C#CCCCCCCCCCOC(C)=O. The average Bonchev–Trinajstić information content (AvgIpc) is 2.39. The van der Waals surface area contributed by atoms with Gasteiger partial charge < -0.3 is 4.74 Å². The molecule has 108 valence electrons. The molecule has 0 radical (unpaired) electrons. The lowest BCUT2D eigenvalue weighted by molar-refractivity contribution is -0.141. The molecule has 0 aliphatic carbocycles. The Morgan fingerprint density at radius 2 is 1.68 bits per heavy atom. The summed E-state index contributed by atoms with van der Waals surface area (Å²) in [7, 11) is 0. The summed E-state index contributed by atoms with van der Waals surface area (Å²) in [5.74, 6) is 6.04. The first-order chi connectivity index (χ1) is 9.27. The van der Waals surface area contributed by atoms with Gasteiger partial charge in [0.15, 0.2) is 0 Å². The van der Waals surface area contributed by atoms with E-state index in [-0.39, 0.29) is 5.97 Å². The molecule has 0 heterocycles. The van der Waals surface area contributed by atoms with Crippen LogP contribution in [0.1, 0.15) is 71.6 Å². The van der Waals surface area contributed by atoms with Crippen LogP contribution in [-0.2, 0) is 9.53 Å². The summed E-state index contributed by atoms with van der Waals surface area (Å²) in [6, 6.07) is 0. The number of hydrogen-bond donors (Lipinski definition) is 0. The number of allylic oxidation sites excluding steroid dienone is 2. The summed E-state index contributed by atoms with van der Waals surface area (Å²) >= 11 is 0. The molecule has 0 unspecified atom stereocenters. The van der Waals surface area contributed by atoms with Crippen molar-refractivity contribution in [3.8, 4) is 11.8 Å². The highest BCUT2D eigenvalue weighted by atomic mass is 16.5. The van der Waals surface area contributed by atoms with Crippen LogP contribution in [0.25, 0.3) is 0 Å². The quantitative estimate of drug-likeness (QED) is 0.326. The molecule has 0 rings (SSSR count). The summed E-state index contributed by atoms with van der Waals surface area (Å²) in [6.07, 6.45) is 14.6. The normalized spacial score (nSPS) is 10.2. The van der Waals surface area contributed by atoms with Crippen molar-refractivity contribution in [2.24, 2.45) is 0 Å². The number of unbranched alkanes of at least 4 members (excludes halogenated alkanes) is 7. The summed E-state index contributed by atoms with van der Waals surface area (Å²) in [4.78, 5) is 10.5. The van der Waals surface area contributed by atoms with Crippen LogP contribution >= 0.6 is 0 Å². The Hall–Kier alpha value is -1.23. The van der Waals surface area contributed by atoms with Crippen LogP contribution in [0.15, 0.2) is 12.2 Å². The minimum Gasteiger partial charge on any atom is -0.466 e. The lowest BCUT2D eigenvalue weighted by atomic mass is 10.1. The van der Waals surface area contributed by atoms with E-state index in [1.54, 1.807) is 0 Å². The number of hydrogen-bond acceptors (Lipinski definition) is 2. The first-order valence-electron chi connectivity index (χ1n) is 7.54. The molecule has 0 fully saturated rings. The van der Waals surface area contributed by atoms with Crippen molar-refractivity contribution in [3.05, 3.63) is 12.2 Å². The third kappa shape index (κ3) is 16.8. The fourth-order valence-corrected chi connectivity index (χ4v) is 1.72. The molecule has 0 spiro atoms. The van der Waals surface area contributed by atoms with Crippen molar-refractivity contribution in [2.45, 2.75) is 71.6 Å². The molecule has 0 atom stereocenters. The first kappa shape index (κ1) is 17.8. The number of carbonyl (C=O) groups excluding carboxylic acids is 1. The second-order valence-electron chi connectivity index (χ2n) is 4.70. The first-order valence-corrected chi connectivity index (χ1v) is 7.54. The Morgan fingerprint density at radius 3 is 2.32 bits per heavy atom. The van der Waals surface area contributed by atoms with E-state index in [2.05, 4.69) is 24.8 Å². The van der Waals surface area contributed by atoms with Gasteiger partial charge in [-0.25, -0.2) is 0 Å². The Bertz CT molecular complexity index is 294. The molecule has 0 aromatic heterocycles. The molecule has 2 heteroatoms. The zero-order chi connectivity index (χ0) is 14.2. The summed E-state index contributed by atoms with van der Waals surface area (Å²) in [5.41, 5.74) is 0. The predicted molar refractivity (Wildman–Crippen MR) is 80.8 cm³/mol. The van der Waals surface area contributed by atoms with Gasteiger partial charge in [0.2, 0.25) is 0 Å². The van der Waals surface area contributed by atoms with Crippen molar-refractivity contribution in [3.63, 3.8) is 0 Å². The lowest BCUT2D eigenvalue weighted by Gasteiger charge is -2.02.